The minimum atomic E-state index is -0.381. The van der Waals surface area contributed by atoms with E-state index in [0.717, 1.165) is 5.39 Å². The zero-order chi connectivity index (χ0) is 10.1. The molecule has 0 saturated carbocycles. The Balaban J connectivity index is 2.84. The fourth-order valence-electron chi connectivity index (χ4n) is 1.21. The Labute approximate surface area is 87.9 Å². The second kappa shape index (κ2) is 3.46. The molecule has 70 valence electrons. The van der Waals surface area contributed by atoms with Crippen LogP contribution in [0.2, 0.25) is 0 Å². The first-order valence-electron chi connectivity index (χ1n) is 3.92. The van der Waals surface area contributed by atoms with Gasteiger partial charge < -0.3 is 0 Å². The number of hydrogen-bond donors (Lipinski definition) is 0. The van der Waals surface area contributed by atoms with Crippen molar-refractivity contribution in [3.63, 3.8) is 0 Å². The van der Waals surface area contributed by atoms with E-state index in [1.807, 2.05) is 0 Å². The number of halogens is 2. The maximum atomic E-state index is 13.1. The molecule has 0 aliphatic carbocycles. The van der Waals surface area contributed by atoms with Gasteiger partial charge >= 0.3 is 0 Å². The number of aldehydes is 1. The lowest BCUT2D eigenvalue weighted by molar-refractivity contribution is 0.111. The lowest BCUT2D eigenvalue weighted by Gasteiger charge is -2.01. The van der Waals surface area contributed by atoms with E-state index in [2.05, 4.69) is 20.9 Å². The summed E-state index contributed by atoms with van der Waals surface area (Å²) in [6.07, 6.45) is 0.636. The van der Waals surface area contributed by atoms with Crippen molar-refractivity contribution in [2.45, 2.75) is 0 Å². The third kappa shape index (κ3) is 1.42. The number of pyridine rings is 1. The van der Waals surface area contributed by atoms with Gasteiger partial charge in [0.15, 0.2) is 6.29 Å². The first-order chi connectivity index (χ1) is 6.72. The molecule has 2 nitrogen and oxygen atoms in total. The van der Waals surface area contributed by atoms with Gasteiger partial charge in [0.05, 0.1) is 9.99 Å². The van der Waals surface area contributed by atoms with Gasteiger partial charge in [-0.2, -0.15) is 0 Å². The van der Waals surface area contributed by atoms with Crippen molar-refractivity contribution in [1.82, 2.24) is 4.98 Å². The number of hydrogen-bond acceptors (Lipinski definition) is 2. The van der Waals surface area contributed by atoms with Gasteiger partial charge in [0.25, 0.3) is 0 Å². The van der Waals surface area contributed by atoms with Crippen LogP contribution in [0.15, 0.2) is 28.7 Å². The lowest BCUT2D eigenvalue weighted by atomic mass is 10.2. The van der Waals surface area contributed by atoms with E-state index >= 15 is 0 Å². The van der Waals surface area contributed by atoms with E-state index in [9.17, 15) is 9.18 Å². The predicted molar refractivity (Wildman–Crippen MR) is 54.8 cm³/mol. The van der Waals surface area contributed by atoms with E-state index in [4.69, 9.17) is 0 Å². The normalized spacial score (nSPS) is 10.4. The van der Waals surface area contributed by atoms with E-state index < -0.39 is 0 Å². The molecule has 0 amide bonds. The number of rotatable bonds is 1. The molecule has 0 saturated heterocycles. The Morgan fingerprint density at radius 1 is 1.29 bits per heavy atom. The van der Waals surface area contributed by atoms with Gasteiger partial charge in [0.1, 0.15) is 11.5 Å². The Morgan fingerprint density at radius 3 is 2.71 bits per heavy atom. The van der Waals surface area contributed by atoms with Gasteiger partial charge in [-0.1, -0.05) is 6.07 Å². The van der Waals surface area contributed by atoms with Crippen LogP contribution in [0.25, 0.3) is 10.9 Å². The molecule has 1 aromatic carbocycles. The Hall–Kier alpha value is -1.29. The molecule has 2 aromatic rings. The first kappa shape index (κ1) is 9.27. The molecule has 2 rings (SSSR count). The standard InChI is InChI=1S/C10H5BrFNO/c11-9-8(12)4-2-6-1-3-7(5-14)13-10(6)9/h1-5H. The highest BCUT2D eigenvalue weighted by molar-refractivity contribution is 9.10. The van der Waals surface area contributed by atoms with Crippen LogP contribution < -0.4 is 0 Å². The topological polar surface area (TPSA) is 30.0 Å². The van der Waals surface area contributed by atoms with Crippen LogP contribution in [-0.4, -0.2) is 11.3 Å². The zero-order valence-corrected chi connectivity index (χ0v) is 8.58. The Morgan fingerprint density at radius 2 is 2.00 bits per heavy atom. The summed E-state index contributed by atoms with van der Waals surface area (Å²) in [4.78, 5) is 14.5. The number of carbonyl (C=O) groups is 1. The highest BCUT2D eigenvalue weighted by Gasteiger charge is 2.06. The maximum absolute atomic E-state index is 13.1. The number of aromatic nitrogens is 1. The summed E-state index contributed by atoms with van der Waals surface area (Å²) in [5.41, 5.74) is 0.762. The molecule has 0 atom stereocenters. The summed E-state index contributed by atoms with van der Waals surface area (Å²) >= 11 is 3.09. The van der Waals surface area contributed by atoms with E-state index in [1.54, 1.807) is 18.2 Å². The number of benzene rings is 1. The fourth-order valence-corrected chi connectivity index (χ4v) is 1.66. The molecule has 0 aliphatic heterocycles. The molecule has 0 N–H and O–H groups in total. The van der Waals surface area contributed by atoms with Crippen molar-refractivity contribution in [2.24, 2.45) is 0 Å². The van der Waals surface area contributed by atoms with Crippen LogP contribution in [0.1, 0.15) is 10.5 Å². The van der Waals surface area contributed by atoms with E-state index in [1.165, 1.54) is 6.07 Å². The summed E-state index contributed by atoms with van der Waals surface area (Å²) in [7, 11) is 0. The highest BCUT2D eigenvalue weighted by atomic mass is 79.9. The molecule has 0 unspecified atom stereocenters. The second-order valence-electron chi connectivity index (χ2n) is 2.79. The van der Waals surface area contributed by atoms with Crippen molar-refractivity contribution < 1.29 is 9.18 Å². The van der Waals surface area contributed by atoms with Crippen LogP contribution in [0.4, 0.5) is 4.39 Å². The van der Waals surface area contributed by atoms with Gasteiger partial charge in [0, 0.05) is 5.39 Å². The molecule has 1 heterocycles. The van der Waals surface area contributed by atoms with Gasteiger partial charge in [0.2, 0.25) is 0 Å². The minimum absolute atomic E-state index is 0.290. The van der Waals surface area contributed by atoms with Gasteiger partial charge in [-0.3, -0.25) is 4.79 Å². The summed E-state index contributed by atoms with van der Waals surface area (Å²) in [6, 6.07) is 6.31. The quantitative estimate of drug-likeness (QED) is 0.732. The van der Waals surface area contributed by atoms with E-state index in [0.29, 0.717) is 22.0 Å². The largest absolute Gasteiger partial charge is 0.296 e. The molecular formula is C10H5BrFNO. The average molecular weight is 254 g/mol. The van der Waals surface area contributed by atoms with Gasteiger partial charge in [-0.05, 0) is 34.1 Å². The molecule has 0 radical (unpaired) electrons. The predicted octanol–water partition coefficient (Wildman–Crippen LogP) is 2.95. The number of nitrogens with zero attached hydrogens (tertiary/aromatic N) is 1. The van der Waals surface area contributed by atoms with Gasteiger partial charge in [-0.25, -0.2) is 9.37 Å². The van der Waals surface area contributed by atoms with Crippen LogP contribution in [-0.2, 0) is 0 Å². The molecule has 14 heavy (non-hydrogen) atoms. The molecule has 0 spiro atoms. The molecular weight excluding hydrogens is 249 g/mol. The summed E-state index contributed by atoms with van der Waals surface area (Å²) < 4.78 is 13.4. The summed E-state index contributed by atoms with van der Waals surface area (Å²) in [6.45, 7) is 0. The average Bonchev–Trinajstić information content (AvgIpc) is 2.23. The summed E-state index contributed by atoms with van der Waals surface area (Å²) in [5.74, 6) is -0.381. The Bertz CT molecular complexity index is 513. The van der Waals surface area contributed by atoms with E-state index in [-0.39, 0.29) is 5.82 Å². The highest BCUT2D eigenvalue weighted by Crippen LogP contribution is 2.24. The number of carbonyl (C=O) groups excluding carboxylic acids is 1. The summed E-state index contributed by atoms with van der Waals surface area (Å²) in [5, 5.41) is 0.795. The molecule has 1 aromatic heterocycles. The molecule has 0 aliphatic rings. The van der Waals surface area contributed by atoms with Crippen molar-refractivity contribution >= 4 is 33.1 Å². The fraction of sp³-hybridized carbons (Fsp3) is 0. The minimum Gasteiger partial charge on any atom is -0.296 e. The third-order valence-corrected chi connectivity index (χ3v) is 2.65. The van der Waals surface area contributed by atoms with Gasteiger partial charge in [-0.15, -0.1) is 0 Å². The number of fused-ring (bicyclic) bond motifs is 1. The zero-order valence-electron chi connectivity index (χ0n) is 7.00. The van der Waals surface area contributed by atoms with Crippen LogP contribution in [0.3, 0.4) is 0 Å². The van der Waals surface area contributed by atoms with Crippen molar-refractivity contribution in [2.75, 3.05) is 0 Å². The van der Waals surface area contributed by atoms with Crippen LogP contribution in [0, 0.1) is 5.82 Å². The van der Waals surface area contributed by atoms with Crippen LogP contribution in [0.5, 0.6) is 0 Å². The molecule has 4 heteroatoms. The second-order valence-corrected chi connectivity index (χ2v) is 3.58. The monoisotopic (exact) mass is 253 g/mol. The first-order valence-corrected chi connectivity index (χ1v) is 4.71. The van der Waals surface area contributed by atoms with Crippen molar-refractivity contribution in [3.8, 4) is 0 Å². The Kier molecular flexibility index (Phi) is 2.29. The molecule has 0 fully saturated rings. The third-order valence-electron chi connectivity index (χ3n) is 1.90. The van der Waals surface area contributed by atoms with Crippen molar-refractivity contribution in [3.05, 3.63) is 40.2 Å². The lowest BCUT2D eigenvalue weighted by Crippen LogP contribution is -1.89. The van der Waals surface area contributed by atoms with Crippen LogP contribution >= 0.6 is 15.9 Å². The SMILES string of the molecule is O=Cc1ccc2ccc(F)c(Br)c2n1. The molecule has 0 bridgehead atoms. The maximum Gasteiger partial charge on any atom is 0.168 e. The van der Waals surface area contributed by atoms with Crippen molar-refractivity contribution in [1.29, 1.82) is 0 Å². The smallest absolute Gasteiger partial charge is 0.168 e.